The van der Waals surface area contributed by atoms with Crippen LogP contribution in [0.15, 0.2) is 53.8 Å². The molecule has 6 heteroatoms. The van der Waals surface area contributed by atoms with Crippen LogP contribution in [0.25, 0.3) is 0 Å². The first kappa shape index (κ1) is 22.4. The molecule has 0 bridgehead atoms. The number of carbonyl (C=O) groups excluding carboxylic acids is 2. The maximum Gasteiger partial charge on any atom is 0.305 e. The Morgan fingerprint density at radius 1 is 1.17 bits per heavy atom. The van der Waals surface area contributed by atoms with Crippen molar-refractivity contribution in [1.29, 1.82) is 0 Å². The highest BCUT2D eigenvalue weighted by molar-refractivity contribution is 5.89. The fourth-order valence-corrected chi connectivity index (χ4v) is 3.10. The van der Waals surface area contributed by atoms with Crippen molar-refractivity contribution < 1.29 is 19.5 Å². The quantitative estimate of drug-likeness (QED) is 0.470. The SMILES string of the molecule is CCCC(=O)/C=C/[C@H](CC(=O)O)NC(CNC(=O)Cc1ccccc1)=C1CCC1. The van der Waals surface area contributed by atoms with Crippen molar-refractivity contribution in [2.75, 3.05) is 6.54 Å². The zero-order chi connectivity index (χ0) is 21.1. The smallest absolute Gasteiger partial charge is 0.305 e. The second-order valence-corrected chi connectivity index (χ2v) is 7.30. The lowest BCUT2D eigenvalue weighted by molar-refractivity contribution is -0.137. The third-order valence-electron chi connectivity index (χ3n) is 4.82. The standard InChI is InChI=1S/C23H30N2O4/c1-2-7-20(26)13-12-19(15-23(28)29)25-21(18-10-6-11-18)16-24-22(27)14-17-8-4-3-5-9-17/h3-5,8-9,12-13,19,25H,2,6-7,10-11,14-16H2,1H3,(H,24,27)(H,28,29)/b13-12+/t19-/m1/s1. The molecule has 1 amide bonds. The predicted molar refractivity (Wildman–Crippen MR) is 112 cm³/mol. The zero-order valence-electron chi connectivity index (χ0n) is 16.9. The molecule has 2 rings (SSSR count). The van der Waals surface area contributed by atoms with E-state index in [4.69, 9.17) is 0 Å². The molecule has 1 aromatic rings. The van der Waals surface area contributed by atoms with Gasteiger partial charge in [-0.25, -0.2) is 0 Å². The number of allylic oxidation sites excluding steroid dienone is 2. The molecule has 0 heterocycles. The van der Waals surface area contributed by atoms with E-state index >= 15 is 0 Å². The number of ketones is 1. The summed E-state index contributed by atoms with van der Waals surface area (Å²) in [5, 5.41) is 15.4. The first-order chi connectivity index (χ1) is 14.0. The highest BCUT2D eigenvalue weighted by atomic mass is 16.4. The summed E-state index contributed by atoms with van der Waals surface area (Å²) in [6.07, 6.45) is 7.41. The molecule has 29 heavy (non-hydrogen) atoms. The summed E-state index contributed by atoms with van der Waals surface area (Å²) >= 11 is 0. The van der Waals surface area contributed by atoms with E-state index in [1.807, 2.05) is 37.3 Å². The van der Waals surface area contributed by atoms with Crippen molar-refractivity contribution >= 4 is 17.7 Å². The minimum Gasteiger partial charge on any atom is -0.481 e. The third kappa shape index (κ3) is 8.34. The first-order valence-electron chi connectivity index (χ1n) is 10.2. The van der Waals surface area contributed by atoms with Crippen molar-refractivity contribution in [3.63, 3.8) is 0 Å². The maximum absolute atomic E-state index is 12.3. The van der Waals surface area contributed by atoms with E-state index in [0.29, 0.717) is 19.4 Å². The number of benzene rings is 1. The average molecular weight is 399 g/mol. The van der Waals surface area contributed by atoms with Gasteiger partial charge in [0.05, 0.1) is 25.4 Å². The Bertz CT molecular complexity index is 762. The molecule has 0 saturated heterocycles. The van der Waals surface area contributed by atoms with Crippen LogP contribution < -0.4 is 10.6 Å². The Hall–Kier alpha value is -2.89. The van der Waals surface area contributed by atoms with Crippen LogP contribution in [0.1, 0.15) is 51.0 Å². The molecule has 1 aliphatic carbocycles. The van der Waals surface area contributed by atoms with Gasteiger partial charge in [0.2, 0.25) is 5.91 Å². The van der Waals surface area contributed by atoms with Gasteiger partial charge in [-0.1, -0.05) is 43.3 Å². The van der Waals surface area contributed by atoms with E-state index in [0.717, 1.165) is 36.9 Å². The predicted octanol–water partition coefficient (Wildman–Crippen LogP) is 3.14. The Labute approximate surface area is 172 Å². The van der Waals surface area contributed by atoms with Crippen LogP contribution in [0.4, 0.5) is 0 Å². The van der Waals surface area contributed by atoms with Crippen LogP contribution in [0.3, 0.4) is 0 Å². The molecule has 6 nitrogen and oxygen atoms in total. The average Bonchev–Trinajstić information content (AvgIpc) is 2.63. The van der Waals surface area contributed by atoms with Crippen LogP contribution in [-0.2, 0) is 20.8 Å². The molecule has 3 N–H and O–H groups in total. The molecule has 0 aromatic heterocycles. The molecule has 1 aliphatic rings. The summed E-state index contributed by atoms with van der Waals surface area (Å²) in [5.74, 6) is -1.04. The van der Waals surface area contributed by atoms with Crippen molar-refractivity contribution in [3.05, 3.63) is 59.3 Å². The number of carbonyl (C=O) groups is 3. The molecule has 1 fully saturated rings. The summed E-state index contributed by atoms with van der Waals surface area (Å²) in [5.41, 5.74) is 3.00. The molecule has 1 atom stereocenters. The number of hydrogen-bond acceptors (Lipinski definition) is 4. The summed E-state index contributed by atoms with van der Waals surface area (Å²) in [4.78, 5) is 35.3. The van der Waals surface area contributed by atoms with E-state index in [1.54, 1.807) is 6.08 Å². The third-order valence-corrected chi connectivity index (χ3v) is 4.82. The van der Waals surface area contributed by atoms with Crippen molar-refractivity contribution in [3.8, 4) is 0 Å². The van der Waals surface area contributed by atoms with Crippen molar-refractivity contribution in [2.45, 2.75) is 57.9 Å². The summed E-state index contributed by atoms with van der Waals surface area (Å²) < 4.78 is 0. The van der Waals surface area contributed by atoms with Gasteiger partial charge < -0.3 is 15.7 Å². The fraction of sp³-hybridized carbons (Fsp3) is 0.435. The van der Waals surface area contributed by atoms with Crippen LogP contribution in [-0.4, -0.2) is 35.4 Å². The van der Waals surface area contributed by atoms with Crippen LogP contribution in [0.2, 0.25) is 0 Å². The Morgan fingerprint density at radius 2 is 1.90 bits per heavy atom. The summed E-state index contributed by atoms with van der Waals surface area (Å²) in [7, 11) is 0. The number of hydrogen-bond donors (Lipinski definition) is 3. The molecule has 0 radical (unpaired) electrons. The van der Waals surface area contributed by atoms with Gasteiger partial charge in [-0.15, -0.1) is 0 Å². The van der Waals surface area contributed by atoms with Gasteiger partial charge in [0, 0.05) is 12.1 Å². The molecule has 0 aliphatic heterocycles. The highest BCUT2D eigenvalue weighted by Crippen LogP contribution is 2.28. The Balaban J connectivity index is 1.99. The lowest BCUT2D eigenvalue weighted by Gasteiger charge is -2.26. The molecule has 1 saturated carbocycles. The largest absolute Gasteiger partial charge is 0.481 e. The normalized spacial score (nSPS) is 14.2. The number of aliphatic carboxylic acids is 1. The number of carboxylic acids is 1. The number of amides is 1. The second-order valence-electron chi connectivity index (χ2n) is 7.30. The monoisotopic (exact) mass is 398 g/mol. The molecular formula is C23H30N2O4. The maximum atomic E-state index is 12.3. The Morgan fingerprint density at radius 3 is 2.48 bits per heavy atom. The van der Waals surface area contributed by atoms with Gasteiger partial charge in [-0.05, 0) is 42.9 Å². The molecular weight excluding hydrogens is 368 g/mol. The Kier molecular flexibility index (Phi) is 9.15. The van der Waals surface area contributed by atoms with Crippen molar-refractivity contribution in [2.24, 2.45) is 0 Å². The van der Waals surface area contributed by atoms with E-state index in [2.05, 4.69) is 10.6 Å². The molecule has 156 valence electrons. The van der Waals surface area contributed by atoms with Crippen LogP contribution in [0, 0.1) is 0 Å². The summed E-state index contributed by atoms with van der Waals surface area (Å²) in [6, 6.07) is 9.02. The van der Waals surface area contributed by atoms with Crippen molar-refractivity contribution in [1.82, 2.24) is 10.6 Å². The van der Waals surface area contributed by atoms with Gasteiger partial charge in [-0.3, -0.25) is 14.4 Å². The number of nitrogens with one attached hydrogen (secondary N) is 2. The number of carboxylic acid groups (broad SMARTS) is 1. The highest BCUT2D eigenvalue weighted by Gasteiger charge is 2.19. The van der Waals surface area contributed by atoms with Crippen LogP contribution >= 0.6 is 0 Å². The van der Waals surface area contributed by atoms with Gasteiger partial charge in [0.15, 0.2) is 5.78 Å². The number of rotatable bonds is 12. The van der Waals surface area contributed by atoms with E-state index < -0.39 is 12.0 Å². The minimum atomic E-state index is -0.943. The molecule has 0 unspecified atom stereocenters. The minimum absolute atomic E-state index is 0.0151. The van der Waals surface area contributed by atoms with Gasteiger partial charge in [0.25, 0.3) is 0 Å². The molecule has 0 spiro atoms. The van der Waals surface area contributed by atoms with E-state index in [9.17, 15) is 19.5 Å². The lowest BCUT2D eigenvalue weighted by atomic mass is 9.90. The van der Waals surface area contributed by atoms with E-state index in [1.165, 1.54) is 11.6 Å². The topological polar surface area (TPSA) is 95.5 Å². The fourth-order valence-electron chi connectivity index (χ4n) is 3.10. The lowest BCUT2D eigenvalue weighted by Crippen LogP contribution is -2.37. The summed E-state index contributed by atoms with van der Waals surface area (Å²) in [6.45, 7) is 2.25. The van der Waals surface area contributed by atoms with Crippen LogP contribution in [0.5, 0.6) is 0 Å². The first-order valence-corrected chi connectivity index (χ1v) is 10.2. The van der Waals surface area contributed by atoms with Gasteiger partial charge in [0.1, 0.15) is 0 Å². The second kappa shape index (κ2) is 11.8. The van der Waals surface area contributed by atoms with Gasteiger partial charge in [-0.2, -0.15) is 0 Å². The molecule has 1 aromatic carbocycles. The van der Waals surface area contributed by atoms with Gasteiger partial charge >= 0.3 is 5.97 Å². The zero-order valence-corrected chi connectivity index (χ0v) is 16.9. The van der Waals surface area contributed by atoms with E-state index in [-0.39, 0.29) is 18.1 Å².